The number of carbonyl (C=O) groups excluding carboxylic acids is 2. The SMILES string of the molecule is CC(=O)OC(=O)Cn1c(O)ccc1O. The van der Waals surface area contributed by atoms with E-state index < -0.39 is 18.5 Å². The molecule has 1 heterocycles. The lowest BCUT2D eigenvalue weighted by atomic mass is 10.6. The molecule has 0 unspecified atom stereocenters. The van der Waals surface area contributed by atoms with Crippen molar-refractivity contribution in [3.63, 3.8) is 0 Å². The number of nitrogens with zero attached hydrogens (tertiary/aromatic N) is 1. The van der Waals surface area contributed by atoms with Crippen LogP contribution in [0.2, 0.25) is 0 Å². The van der Waals surface area contributed by atoms with Gasteiger partial charge in [0.1, 0.15) is 6.54 Å². The lowest BCUT2D eigenvalue weighted by Crippen LogP contribution is -2.15. The third-order valence-corrected chi connectivity index (χ3v) is 1.48. The summed E-state index contributed by atoms with van der Waals surface area (Å²) >= 11 is 0. The number of hydrogen-bond donors (Lipinski definition) is 2. The molecule has 1 rings (SSSR count). The fraction of sp³-hybridized carbons (Fsp3) is 0.250. The molecule has 0 spiro atoms. The molecule has 6 nitrogen and oxygen atoms in total. The van der Waals surface area contributed by atoms with Gasteiger partial charge >= 0.3 is 11.9 Å². The van der Waals surface area contributed by atoms with Crippen molar-refractivity contribution in [2.45, 2.75) is 13.5 Å². The molecular formula is C8H9NO5. The van der Waals surface area contributed by atoms with Crippen LogP contribution in [0.3, 0.4) is 0 Å². The molecule has 0 saturated carbocycles. The van der Waals surface area contributed by atoms with Crippen LogP contribution in [0.5, 0.6) is 11.8 Å². The first kappa shape index (κ1) is 10.1. The minimum absolute atomic E-state index is 0.275. The highest BCUT2D eigenvalue weighted by Crippen LogP contribution is 2.20. The maximum atomic E-state index is 10.9. The molecule has 0 aliphatic heterocycles. The summed E-state index contributed by atoms with van der Waals surface area (Å²) in [4.78, 5) is 21.3. The average molecular weight is 199 g/mol. The number of carbonyl (C=O) groups is 2. The van der Waals surface area contributed by atoms with Crippen molar-refractivity contribution >= 4 is 11.9 Å². The molecule has 0 aromatic carbocycles. The van der Waals surface area contributed by atoms with E-state index in [0.29, 0.717) is 0 Å². The Morgan fingerprint density at radius 1 is 1.36 bits per heavy atom. The Labute approximate surface area is 79.3 Å². The smallest absolute Gasteiger partial charge is 0.333 e. The molecular weight excluding hydrogens is 190 g/mol. The van der Waals surface area contributed by atoms with Crippen LogP contribution >= 0.6 is 0 Å². The van der Waals surface area contributed by atoms with Gasteiger partial charge in [-0.1, -0.05) is 0 Å². The van der Waals surface area contributed by atoms with Crippen molar-refractivity contribution in [3.05, 3.63) is 12.1 Å². The van der Waals surface area contributed by atoms with E-state index in [0.717, 1.165) is 11.5 Å². The Morgan fingerprint density at radius 3 is 2.29 bits per heavy atom. The fourth-order valence-electron chi connectivity index (χ4n) is 0.930. The van der Waals surface area contributed by atoms with E-state index >= 15 is 0 Å². The van der Waals surface area contributed by atoms with E-state index in [4.69, 9.17) is 10.2 Å². The molecule has 0 radical (unpaired) electrons. The molecule has 1 aromatic rings. The number of aromatic nitrogens is 1. The predicted molar refractivity (Wildman–Crippen MR) is 44.5 cm³/mol. The molecule has 0 fully saturated rings. The second kappa shape index (κ2) is 3.82. The summed E-state index contributed by atoms with van der Waals surface area (Å²) in [6.07, 6.45) is 0. The average Bonchev–Trinajstić information content (AvgIpc) is 2.34. The molecule has 6 heteroatoms. The first-order chi connectivity index (χ1) is 6.50. The number of aromatic hydroxyl groups is 2. The Hall–Kier alpha value is -1.98. The lowest BCUT2D eigenvalue weighted by Gasteiger charge is -2.04. The van der Waals surface area contributed by atoms with Gasteiger partial charge in [-0.3, -0.25) is 9.36 Å². The summed E-state index contributed by atoms with van der Waals surface area (Å²) in [5, 5.41) is 18.2. The van der Waals surface area contributed by atoms with Crippen molar-refractivity contribution in [2.24, 2.45) is 0 Å². The zero-order chi connectivity index (χ0) is 10.7. The third kappa shape index (κ3) is 2.25. The molecule has 14 heavy (non-hydrogen) atoms. The number of rotatable bonds is 2. The van der Waals surface area contributed by atoms with E-state index in [-0.39, 0.29) is 11.8 Å². The van der Waals surface area contributed by atoms with Crippen molar-refractivity contribution in [3.8, 4) is 11.8 Å². The topological polar surface area (TPSA) is 88.8 Å². The van der Waals surface area contributed by atoms with Crippen LogP contribution in [0.4, 0.5) is 0 Å². The van der Waals surface area contributed by atoms with Gasteiger partial charge in [0.05, 0.1) is 0 Å². The van der Waals surface area contributed by atoms with Crippen LogP contribution < -0.4 is 0 Å². The van der Waals surface area contributed by atoms with Crippen LogP contribution in [0.1, 0.15) is 6.92 Å². The lowest BCUT2D eigenvalue weighted by molar-refractivity contribution is -0.158. The quantitative estimate of drug-likeness (QED) is 0.516. The Bertz CT molecular complexity index is 348. The molecule has 0 amide bonds. The zero-order valence-electron chi connectivity index (χ0n) is 7.43. The van der Waals surface area contributed by atoms with Crippen LogP contribution in [0.25, 0.3) is 0 Å². The summed E-state index contributed by atoms with van der Waals surface area (Å²) in [6, 6.07) is 2.44. The Kier molecular flexibility index (Phi) is 2.76. The van der Waals surface area contributed by atoms with Crippen LogP contribution in [-0.2, 0) is 20.9 Å². The molecule has 0 atom stereocenters. The summed E-state index contributed by atoms with van der Waals surface area (Å²) in [7, 11) is 0. The highest BCUT2D eigenvalue weighted by molar-refractivity contribution is 5.84. The fourth-order valence-corrected chi connectivity index (χ4v) is 0.930. The van der Waals surface area contributed by atoms with Gasteiger partial charge in [0.15, 0.2) is 11.8 Å². The molecule has 76 valence electrons. The second-order valence-electron chi connectivity index (χ2n) is 2.60. The molecule has 1 aromatic heterocycles. The largest absolute Gasteiger partial charge is 0.494 e. The minimum atomic E-state index is -0.848. The Balaban J connectivity index is 2.69. The van der Waals surface area contributed by atoms with Crippen LogP contribution in [0.15, 0.2) is 12.1 Å². The highest BCUT2D eigenvalue weighted by atomic mass is 16.6. The van der Waals surface area contributed by atoms with Gasteiger partial charge in [0.25, 0.3) is 0 Å². The zero-order valence-corrected chi connectivity index (χ0v) is 7.43. The molecule has 0 aliphatic carbocycles. The molecule has 0 saturated heterocycles. The van der Waals surface area contributed by atoms with Gasteiger partial charge < -0.3 is 14.9 Å². The molecule has 0 bridgehead atoms. The van der Waals surface area contributed by atoms with Crippen LogP contribution in [0, 0.1) is 0 Å². The summed E-state index contributed by atoms with van der Waals surface area (Å²) in [5.74, 6) is -2.13. The summed E-state index contributed by atoms with van der Waals surface area (Å²) in [6.45, 7) is 0.678. The predicted octanol–water partition coefficient (Wildman–Crippen LogP) is -0.0110. The first-order valence-electron chi connectivity index (χ1n) is 3.79. The summed E-state index contributed by atoms with van der Waals surface area (Å²) < 4.78 is 5.12. The highest BCUT2D eigenvalue weighted by Gasteiger charge is 2.12. The van der Waals surface area contributed by atoms with E-state index in [1.807, 2.05) is 0 Å². The normalized spacial score (nSPS) is 9.79. The van der Waals surface area contributed by atoms with E-state index in [2.05, 4.69) is 4.74 Å². The first-order valence-corrected chi connectivity index (χ1v) is 3.79. The van der Waals surface area contributed by atoms with E-state index in [9.17, 15) is 9.59 Å². The van der Waals surface area contributed by atoms with Crippen molar-refractivity contribution in [1.29, 1.82) is 0 Å². The number of esters is 2. The number of hydrogen-bond acceptors (Lipinski definition) is 5. The van der Waals surface area contributed by atoms with Crippen molar-refractivity contribution in [2.75, 3.05) is 0 Å². The van der Waals surface area contributed by atoms with E-state index in [1.165, 1.54) is 12.1 Å². The van der Waals surface area contributed by atoms with Crippen molar-refractivity contribution in [1.82, 2.24) is 4.57 Å². The van der Waals surface area contributed by atoms with Gasteiger partial charge in [-0.25, -0.2) is 4.79 Å². The van der Waals surface area contributed by atoms with Crippen molar-refractivity contribution < 1.29 is 24.5 Å². The number of ether oxygens (including phenoxy) is 1. The third-order valence-electron chi connectivity index (χ3n) is 1.48. The standard InChI is InChI=1S/C8H9NO5/c1-5(10)14-8(13)4-9-6(11)2-3-7(9)12/h2-3,11-12H,4H2,1H3. The second-order valence-corrected chi connectivity index (χ2v) is 2.60. The Morgan fingerprint density at radius 2 is 1.86 bits per heavy atom. The van der Waals surface area contributed by atoms with Gasteiger partial charge in [0, 0.05) is 19.1 Å². The van der Waals surface area contributed by atoms with E-state index in [1.54, 1.807) is 0 Å². The van der Waals surface area contributed by atoms with Gasteiger partial charge in [0.2, 0.25) is 0 Å². The van der Waals surface area contributed by atoms with Crippen LogP contribution in [-0.4, -0.2) is 26.7 Å². The molecule has 2 N–H and O–H groups in total. The molecule has 0 aliphatic rings. The maximum absolute atomic E-state index is 10.9. The summed E-state index contributed by atoms with van der Waals surface area (Å²) in [5.41, 5.74) is 0. The van der Waals surface area contributed by atoms with Gasteiger partial charge in [-0.05, 0) is 0 Å². The monoisotopic (exact) mass is 199 g/mol. The van der Waals surface area contributed by atoms with Gasteiger partial charge in [-0.2, -0.15) is 0 Å². The van der Waals surface area contributed by atoms with Gasteiger partial charge in [-0.15, -0.1) is 0 Å². The maximum Gasteiger partial charge on any atom is 0.333 e. The minimum Gasteiger partial charge on any atom is -0.494 e.